The average molecular weight is 334 g/mol. The maximum absolute atomic E-state index is 13.3. The molecule has 0 spiro atoms. The Morgan fingerprint density at radius 1 is 0.792 bits per heavy atom. The lowest BCUT2D eigenvalue weighted by molar-refractivity contribution is 0.0999. The maximum atomic E-state index is 13.3. The highest BCUT2D eigenvalue weighted by molar-refractivity contribution is 6.31. The second-order valence-corrected chi connectivity index (χ2v) is 6.34. The van der Waals surface area contributed by atoms with Gasteiger partial charge in [-0.15, -0.1) is 0 Å². The molecule has 0 atom stereocenters. The Morgan fingerprint density at radius 3 is 1.96 bits per heavy atom. The normalized spacial score (nSPS) is 13.0. The van der Waals surface area contributed by atoms with Gasteiger partial charge in [0.25, 0.3) is 5.91 Å². The summed E-state index contributed by atoms with van der Waals surface area (Å²) in [4.78, 5) is 15.1. The van der Waals surface area contributed by atoms with E-state index in [0.717, 1.165) is 24.2 Å². The van der Waals surface area contributed by atoms with E-state index in [-0.39, 0.29) is 5.91 Å². The van der Waals surface area contributed by atoms with Gasteiger partial charge in [0.05, 0.1) is 11.4 Å². The van der Waals surface area contributed by atoms with Crippen LogP contribution < -0.4 is 4.90 Å². The minimum absolute atomic E-state index is 0.0562. The standard InChI is InChI=1S/C21H16ClNO/c22-18-9-5-8-17(14-18)21(24)23-19-10-3-1-6-15(19)12-13-16-7-2-4-11-20(16)23/h1-11,14H,12-13H2. The van der Waals surface area contributed by atoms with E-state index in [0.29, 0.717) is 10.6 Å². The third-order valence-electron chi connectivity index (χ3n) is 4.40. The zero-order chi connectivity index (χ0) is 16.5. The smallest absolute Gasteiger partial charge is 0.262 e. The van der Waals surface area contributed by atoms with E-state index >= 15 is 0 Å². The zero-order valence-corrected chi connectivity index (χ0v) is 13.8. The Labute approximate surface area is 146 Å². The molecule has 3 aromatic carbocycles. The van der Waals surface area contributed by atoms with E-state index < -0.39 is 0 Å². The first-order valence-corrected chi connectivity index (χ1v) is 8.38. The minimum Gasteiger partial charge on any atom is -0.276 e. The fourth-order valence-electron chi connectivity index (χ4n) is 3.25. The number of amides is 1. The molecule has 0 fully saturated rings. The predicted octanol–water partition coefficient (Wildman–Crippen LogP) is 5.42. The molecular weight excluding hydrogens is 318 g/mol. The molecule has 0 bridgehead atoms. The van der Waals surface area contributed by atoms with E-state index in [1.165, 1.54) is 11.1 Å². The Morgan fingerprint density at radius 2 is 1.38 bits per heavy atom. The monoisotopic (exact) mass is 333 g/mol. The van der Waals surface area contributed by atoms with Crippen LogP contribution in [0.5, 0.6) is 0 Å². The van der Waals surface area contributed by atoms with Gasteiger partial charge in [0, 0.05) is 10.6 Å². The SMILES string of the molecule is O=C(c1cccc(Cl)c1)N1c2ccccc2CCc2ccccc21. The molecule has 0 radical (unpaired) electrons. The summed E-state index contributed by atoms with van der Waals surface area (Å²) >= 11 is 6.09. The highest BCUT2D eigenvalue weighted by atomic mass is 35.5. The number of para-hydroxylation sites is 2. The van der Waals surface area contributed by atoms with E-state index in [9.17, 15) is 4.79 Å². The number of carbonyl (C=O) groups is 1. The molecule has 1 amide bonds. The lowest BCUT2D eigenvalue weighted by Gasteiger charge is -2.25. The summed E-state index contributed by atoms with van der Waals surface area (Å²) in [6.07, 6.45) is 1.85. The van der Waals surface area contributed by atoms with Crippen molar-refractivity contribution in [3.05, 3.63) is 94.5 Å². The number of hydrogen-bond donors (Lipinski definition) is 0. The molecule has 1 aliphatic rings. The second kappa shape index (κ2) is 6.14. The van der Waals surface area contributed by atoms with Crippen LogP contribution in [-0.2, 0) is 12.8 Å². The van der Waals surface area contributed by atoms with Crippen molar-refractivity contribution in [2.45, 2.75) is 12.8 Å². The van der Waals surface area contributed by atoms with Crippen molar-refractivity contribution < 1.29 is 4.79 Å². The van der Waals surface area contributed by atoms with Gasteiger partial charge in [0.1, 0.15) is 0 Å². The number of nitrogens with zero attached hydrogens (tertiary/aromatic N) is 1. The van der Waals surface area contributed by atoms with Gasteiger partial charge in [-0.2, -0.15) is 0 Å². The molecule has 0 aromatic heterocycles. The van der Waals surface area contributed by atoms with Crippen LogP contribution in [0.3, 0.4) is 0 Å². The van der Waals surface area contributed by atoms with Gasteiger partial charge in [0.2, 0.25) is 0 Å². The van der Waals surface area contributed by atoms with Gasteiger partial charge in [-0.05, 0) is 54.3 Å². The minimum atomic E-state index is -0.0562. The molecule has 1 heterocycles. The molecule has 0 saturated carbocycles. The van der Waals surface area contributed by atoms with Crippen molar-refractivity contribution in [1.29, 1.82) is 0 Å². The molecule has 0 saturated heterocycles. The van der Waals surface area contributed by atoms with Crippen LogP contribution in [0.2, 0.25) is 5.02 Å². The molecule has 3 aromatic rings. The molecule has 3 heteroatoms. The van der Waals surface area contributed by atoms with Crippen molar-refractivity contribution in [2.75, 3.05) is 4.90 Å². The summed E-state index contributed by atoms with van der Waals surface area (Å²) in [6.45, 7) is 0. The third-order valence-corrected chi connectivity index (χ3v) is 4.64. The van der Waals surface area contributed by atoms with Gasteiger partial charge in [-0.3, -0.25) is 9.69 Å². The maximum Gasteiger partial charge on any atom is 0.262 e. The Hall–Kier alpha value is -2.58. The average Bonchev–Trinajstić information content (AvgIpc) is 2.78. The summed E-state index contributed by atoms with van der Waals surface area (Å²) in [7, 11) is 0. The molecule has 0 N–H and O–H groups in total. The molecule has 118 valence electrons. The van der Waals surface area contributed by atoms with Crippen molar-refractivity contribution in [2.24, 2.45) is 0 Å². The fourth-order valence-corrected chi connectivity index (χ4v) is 3.44. The number of benzene rings is 3. The van der Waals surface area contributed by atoms with E-state index in [4.69, 9.17) is 11.6 Å². The van der Waals surface area contributed by atoms with Crippen LogP contribution in [0, 0.1) is 0 Å². The van der Waals surface area contributed by atoms with Gasteiger partial charge < -0.3 is 0 Å². The highest BCUT2D eigenvalue weighted by Crippen LogP contribution is 2.37. The van der Waals surface area contributed by atoms with Gasteiger partial charge in [-0.1, -0.05) is 54.1 Å². The van der Waals surface area contributed by atoms with Crippen LogP contribution in [0.4, 0.5) is 11.4 Å². The van der Waals surface area contributed by atoms with Crippen molar-refractivity contribution in [1.82, 2.24) is 0 Å². The van der Waals surface area contributed by atoms with E-state index in [2.05, 4.69) is 12.1 Å². The number of fused-ring (bicyclic) bond motifs is 2. The lowest BCUT2D eigenvalue weighted by atomic mass is 10.0. The number of carbonyl (C=O) groups excluding carboxylic acids is 1. The van der Waals surface area contributed by atoms with Crippen molar-refractivity contribution in [3.8, 4) is 0 Å². The summed E-state index contributed by atoms with van der Waals surface area (Å²) in [5.74, 6) is -0.0562. The Bertz CT molecular complexity index is 871. The topological polar surface area (TPSA) is 20.3 Å². The summed E-state index contributed by atoms with van der Waals surface area (Å²) in [5, 5.41) is 0.567. The fraction of sp³-hybridized carbons (Fsp3) is 0.0952. The predicted molar refractivity (Wildman–Crippen MR) is 98.2 cm³/mol. The summed E-state index contributed by atoms with van der Waals surface area (Å²) in [6, 6.07) is 23.3. The van der Waals surface area contributed by atoms with Crippen molar-refractivity contribution >= 4 is 28.9 Å². The Balaban J connectivity index is 1.91. The largest absolute Gasteiger partial charge is 0.276 e. The highest BCUT2D eigenvalue weighted by Gasteiger charge is 2.26. The van der Waals surface area contributed by atoms with Crippen LogP contribution >= 0.6 is 11.6 Å². The molecule has 0 unspecified atom stereocenters. The number of anilines is 2. The number of hydrogen-bond acceptors (Lipinski definition) is 1. The Kier molecular flexibility index (Phi) is 3.83. The van der Waals surface area contributed by atoms with Gasteiger partial charge >= 0.3 is 0 Å². The van der Waals surface area contributed by atoms with Gasteiger partial charge in [-0.25, -0.2) is 0 Å². The molecule has 0 aliphatic carbocycles. The van der Waals surface area contributed by atoms with Crippen LogP contribution in [0.15, 0.2) is 72.8 Å². The zero-order valence-electron chi connectivity index (χ0n) is 13.1. The van der Waals surface area contributed by atoms with Crippen LogP contribution in [-0.4, -0.2) is 5.91 Å². The van der Waals surface area contributed by atoms with Gasteiger partial charge in [0.15, 0.2) is 0 Å². The number of aryl methyl sites for hydroxylation is 2. The first-order valence-electron chi connectivity index (χ1n) is 8.00. The second-order valence-electron chi connectivity index (χ2n) is 5.91. The molecule has 2 nitrogen and oxygen atoms in total. The quantitative estimate of drug-likeness (QED) is 0.582. The first kappa shape index (κ1) is 15.0. The van der Waals surface area contributed by atoms with Crippen LogP contribution in [0.25, 0.3) is 0 Å². The summed E-state index contributed by atoms with van der Waals surface area (Å²) < 4.78 is 0. The molecule has 4 rings (SSSR count). The third kappa shape index (κ3) is 2.59. The van der Waals surface area contributed by atoms with E-state index in [1.54, 1.807) is 12.1 Å². The number of halogens is 1. The van der Waals surface area contributed by atoms with E-state index in [1.807, 2.05) is 53.4 Å². The molecule has 1 aliphatic heterocycles. The van der Waals surface area contributed by atoms with Crippen molar-refractivity contribution in [3.63, 3.8) is 0 Å². The summed E-state index contributed by atoms with van der Waals surface area (Å²) in [5.41, 5.74) is 4.86. The number of rotatable bonds is 1. The lowest BCUT2D eigenvalue weighted by Crippen LogP contribution is -2.26. The molecule has 24 heavy (non-hydrogen) atoms. The van der Waals surface area contributed by atoms with Crippen LogP contribution in [0.1, 0.15) is 21.5 Å². The molecular formula is C21H16ClNO. The first-order chi connectivity index (χ1) is 11.7.